The number of nitrogens with one attached hydrogen (secondary N) is 1. The molecular formula is C15H15FN2O3. The zero-order valence-electron chi connectivity index (χ0n) is 11.4. The Labute approximate surface area is 121 Å². The van der Waals surface area contributed by atoms with Crippen LogP contribution in [0.25, 0.3) is 0 Å². The van der Waals surface area contributed by atoms with Crippen LogP contribution in [0.4, 0.5) is 15.8 Å². The van der Waals surface area contributed by atoms with Crippen LogP contribution in [-0.4, -0.2) is 10.0 Å². The summed E-state index contributed by atoms with van der Waals surface area (Å²) in [4.78, 5) is 10.3. The highest BCUT2D eigenvalue weighted by Crippen LogP contribution is 2.25. The minimum atomic E-state index is -0.645. The molecule has 0 unspecified atom stereocenters. The maximum absolute atomic E-state index is 13.0. The monoisotopic (exact) mass is 290 g/mol. The van der Waals surface area contributed by atoms with Gasteiger partial charge >= 0.3 is 0 Å². The zero-order valence-corrected chi connectivity index (χ0v) is 11.4. The van der Waals surface area contributed by atoms with E-state index < -0.39 is 16.8 Å². The number of halogens is 1. The van der Waals surface area contributed by atoms with Crippen LogP contribution in [0.5, 0.6) is 0 Å². The maximum Gasteiger partial charge on any atom is 0.295 e. The third-order valence-electron chi connectivity index (χ3n) is 3.10. The molecule has 0 amide bonds. The van der Waals surface area contributed by atoms with E-state index in [0.29, 0.717) is 6.54 Å². The first-order valence-corrected chi connectivity index (χ1v) is 6.42. The van der Waals surface area contributed by atoms with Crippen LogP contribution in [0, 0.1) is 15.9 Å². The Morgan fingerprint density at radius 2 is 1.95 bits per heavy atom. The number of nitrogens with zero attached hydrogens (tertiary/aromatic N) is 1. The Balaban J connectivity index is 2.11. The Hall–Kier alpha value is -2.47. The Kier molecular flexibility index (Phi) is 4.49. The first kappa shape index (κ1) is 14.9. The van der Waals surface area contributed by atoms with E-state index in [1.54, 1.807) is 19.1 Å². The molecule has 0 aromatic heterocycles. The van der Waals surface area contributed by atoms with Crippen molar-refractivity contribution in [1.82, 2.24) is 0 Å². The highest BCUT2D eigenvalue weighted by molar-refractivity contribution is 5.61. The molecule has 0 saturated heterocycles. The lowest BCUT2D eigenvalue weighted by Gasteiger charge is -2.09. The molecule has 21 heavy (non-hydrogen) atoms. The van der Waals surface area contributed by atoms with Gasteiger partial charge in [-0.1, -0.05) is 24.3 Å². The first-order chi connectivity index (χ1) is 9.97. The van der Waals surface area contributed by atoms with Crippen molar-refractivity contribution in [1.29, 1.82) is 0 Å². The second-order valence-electron chi connectivity index (χ2n) is 4.69. The number of nitro benzene ring substituents is 1. The molecule has 0 aliphatic carbocycles. The lowest BCUT2D eigenvalue weighted by molar-refractivity contribution is -0.384. The van der Waals surface area contributed by atoms with Gasteiger partial charge in [0, 0.05) is 6.54 Å². The van der Waals surface area contributed by atoms with E-state index >= 15 is 0 Å². The van der Waals surface area contributed by atoms with Crippen molar-refractivity contribution in [3.8, 4) is 0 Å². The van der Waals surface area contributed by atoms with Gasteiger partial charge in [-0.15, -0.1) is 0 Å². The number of nitro groups is 1. The van der Waals surface area contributed by atoms with Crippen LogP contribution in [0.2, 0.25) is 0 Å². The van der Waals surface area contributed by atoms with Crippen LogP contribution >= 0.6 is 0 Å². The van der Waals surface area contributed by atoms with Crippen molar-refractivity contribution in [3.63, 3.8) is 0 Å². The van der Waals surface area contributed by atoms with E-state index in [1.165, 1.54) is 12.1 Å². The number of aliphatic hydroxyl groups excluding tert-OH is 1. The lowest BCUT2D eigenvalue weighted by Crippen LogP contribution is -2.03. The van der Waals surface area contributed by atoms with E-state index in [0.717, 1.165) is 17.2 Å². The number of rotatable bonds is 5. The molecule has 0 aliphatic rings. The van der Waals surface area contributed by atoms with E-state index in [9.17, 15) is 19.6 Å². The minimum absolute atomic E-state index is 0.265. The SMILES string of the molecule is C[C@@H](O)c1ccc(CNc2ccc(F)cc2[N+](=O)[O-])cc1. The molecule has 2 aromatic rings. The van der Waals surface area contributed by atoms with E-state index in [2.05, 4.69) is 5.32 Å². The van der Waals surface area contributed by atoms with Gasteiger partial charge in [0.1, 0.15) is 11.5 Å². The normalized spacial score (nSPS) is 12.0. The van der Waals surface area contributed by atoms with E-state index in [4.69, 9.17) is 0 Å². The zero-order chi connectivity index (χ0) is 15.4. The van der Waals surface area contributed by atoms with Crippen LogP contribution in [0.15, 0.2) is 42.5 Å². The van der Waals surface area contributed by atoms with Gasteiger partial charge in [0.2, 0.25) is 0 Å². The average molecular weight is 290 g/mol. The summed E-state index contributed by atoms with van der Waals surface area (Å²) < 4.78 is 13.0. The molecule has 0 spiro atoms. The van der Waals surface area contributed by atoms with Crippen LogP contribution in [-0.2, 0) is 6.54 Å². The van der Waals surface area contributed by atoms with Crippen LogP contribution in [0.1, 0.15) is 24.2 Å². The highest BCUT2D eigenvalue weighted by atomic mass is 19.1. The number of aliphatic hydroxyl groups is 1. The van der Waals surface area contributed by atoms with Crippen molar-refractivity contribution in [2.24, 2.45) is 0 Å². The fourth-order valence-electron chi connectivity index (χ4n) is 1.92. The van der Waals surface area contributed by atoms with Gasteiger partial charge in [0.05, 0.1) is 17.1 Å². The second kappa shape index (κ2) is 6.32. The van der Waals surface area contributed by atoms with Gasteiger partial charge in [-0.05, 0) is 30.2 Å². The molecule has 1 atom stereocenters. The maximum atomic E-state index is 13.0. The molecule has 6 heteroatoms. The largest absolute Gasteiger partial charge is 0.389 e. The summed E-state index contributed by atoms with van der Waals surface area (Å²) in [6.45, 7) is 2.04. The summed E-state index contributed by atoms with van der Waals surface area (Å²) in [7, 11) is 0. The predicted molar refractivity (Wildman–Crippen MR) is 77.5 cm³/mol. The molecule has 0 radical (unpaired) electrons. The summed E-state index contributed by atoms with van der Waals surface area (Å²) in [5.74, 6) is -0.645. The van der Waals surface area contributed by atoms with Gasteiger partial charge < -0.3 is 10.4 Å². The van der Waals surface area contributed by atoms with Crippen molar-refractivity contribution >= 4 is 11.4 Å². The molecule has 5 nitrogen and oxygen atoms in total. The number of hydrogen-bond donors (Lipinski definition) is 2. The fraction of sp³-hybridized carbons (Fsp3) is 0.200. The summed E-state index contributed by atoms with van der Waals surface area (Å²) in [6, 6.07) is 10.6. The van der Waals surface area contributed by atoms with Crippen LogP contribution in [0.3, 0.4) is 0 Å². The standard InChI is InChI=1S/C15H15FN2O3/c1-10(19)12-4-2-11(3-5-12)9-17-14-7-6-13(16)8-15(14)18(20)21/h2-8,10,17,19H,9H2,1H3/t10-/m1/s1. The van der Waals surface area contributed by atoms with Gasteiger partial charge in [0.25, 0.3) is 5.69 Å². The van der Waals surface area contributed by atoms with Crippen molar-refractivity contribution in [2.45, 2.75) is 19.6 Å². The molecular weight excluding hydrogens is 275 g/mol. The quantitative estimate of drug-likeness (QED) is 0.653. The Bertz CT molecular complexity index is 642. The van der Waals surface area contributed by atoms with Gasteiger partial charge in [-0.2, -0.15) is 0 Å². The Morgan fingerprint density at radius 3 is 2.52 bits per heavy atom. The second-order valence-corrected chi connectivity index (χ2v) is 4.69. The van der Waals surface area contributed by atoms with E-state index in [1.807, 2.05) is 12.1 Å². The highest BCUT2D eigenvalue weighted by Gasteiger charge is 2.14. The van der Waals surface area contributed by atoms with Crippen LogP contribution < -0.4 is 5.32 Å². The van der Waals surface area contributed by atoms with Gasteiger partial charge in [0.15, 0.2) is 0 Å². The predicted octanol–water partition coefficient (Wildman–Crippen LogP) is 3.40. The van der Waals surface area contributed by atoms with Gasteiger partial charge in [-0.25, -0.2) is 4.39 Å². The first-order valence-electron chi connectivity index (χ1n) is 6.42. The molecule has 2 aromatic carbocycles. The lowest BCUT2D eigenvalue weighted by atomic mass is 10.1. The fourth-order valence-corrected chi connectivity index (χ4v) is 1.92. The van der Waals surface area contributed by atoms with Crippen molar-refractivity contribution in [2.75, 3.05) is 5.32 Å². The molecule has 0 fully saturated rings. The third-order valence-corrected chi connectivity index (χ3v) is 3.10. The molecule has 0 aliphatic heterocycles. The van der Waals surface area contributed by atoms with Crippen molar-refractivity contribution in [3.05, 3.63) is 69.5 Å². The molecule has 0 heterocycles. The number of hydrogen-bond acceptors (Lipinski definition) is 4. The summed E-state index contributed by atoms with van der Waals surface area (Å²) in [6.07, 6.45) is -0.537. The summed E-state index contributed by atoms with van der Waals surface area (Å²) >= 11 is 0. The number of benzene rings is 2. The third kappa shape index (κ3) is 3.76. The summed E-state index contributed by atoms with van der Waals surface area (Å²) in [5, 5.41) is 23.2. The molecule has 2 rings (SSSR count). The Morgan fingerprint density at radius 1 is 1.29 bits per heavy atom. The molecule has 0 bridgehead atoms. The smallest absolute Gasteiger partial charge is 0.295 e. The average Bonchev–Trinajstić information content (AvgIpc) is 2.46. The minimum Gasteiger partial charge on any atom is -0.389 e. The van der Waals surface area contributed by atoms with E-state index in [-0.39, 0.29) is 11.4 Å². The van der Waals surface area contributed by atoms with Gasteiger partial charge in [-0.3, -0.25) is 10.1 Å². The number of anilines is 1. The molecule has 110 valence electrons. The molecule has 2 N–H and O–H groups in total. The molecule has 0 saturated carbocycles. The summed E-state index contributed by atoms with van der Waals surface area (Å²) in [5.41, 5.74) is 1.67. The topological polar surface area (TPSA) is 75.4 Å². The van der Waals surface area contributed by atoms with Crippen molar-refractivity contribution < 1.29 is 14.4 Å².